The van der Waals surface area contributed by atoms with Crippen LogP contribution in [0.2, 0.25) is 0 Å². The van der Waals surface area contributed by atoms with E-state index in [1.54, 1.807) is 37.3 Å². The molecule has 4 heteroatoms. The quantitative estimate of drug-likeness (QED) is 0.928. The van der Waals surface area contributed by atoms with Crippen LogP contribution in [0.25, 0.3) is 0 Å². The van der Waals surface area contributed by atoms with Crippen molar-refractivity contribution in [1.82, 2.24) is 0 Å². The van der Waals surface area contributed by atoms with E-state index in [0.717, 1.165) is 5.56 Å². The SMILES string of the molecule is C[C@@H](O)c1cccc(OCc2cc(F)cc(C#N)c2)c1. The van der Waals surface area contributed by atoms with Gasteiger partial charge in [0.15, 0.2) is 0 Å². The average molecular weight is 271 g/mol. The molecule has 20 heavy (non-hydrogen) atoms. The van der Waals surface area contributed by atoms with E-state index in [1.165, 1.54) is 12.1 Å². The highest BCUT2D eigenvalue weighted by Crippen LogP contribution is 2.20. The topological polar surface area (TPSA) is 53.2 Å². The van der Waals surface area contributed by atoms with E-state index in [1.807, 2.05) is 6.07 Å². The van der Waals surface area contributed by atoms with Gasteiger partial charge in [0, 0.05) is 0 Å². The lowest BCUT2D eigenvalue weighted by Gasteiger charge is -2.10. The first-order valence-corrected chi connectivity index (χ1v) is 6.19. The molecular weight excluding hydrogens is 257 g/mol. The first kappa shape index (κ1) is 14.0. The third kappa shape index (κ3) is 3.56. The molecule has 0 amide bonds. The minimum Gasteiger partial charge on any atom is -0.489 e. The van der Waals surface area contributed by atoms with Crippen molar-refractivity contribution in [2.45, 2.75) is 19.6 Å². The predicted octanol–water partition coefficient (Wildman–Crippen LogP) is 3.33. The molecule has 0 heterocycles. The van der Waals surface area contributed by atoms with Crippen molar-refractivity contribution in [3.05, 3.63) is 65.0 Å². The monoisotopic (exact) mass is 271 g/mol. The van der Waals surface area contributed by atoms with Crippen molar-refractivity contribution in [2.24, 2.45) is 0 Å². The summed E-state index contributed by atoms with van der Waals surface area (Å²) >= 11 is 0. The number of nitriles is 1. The molecule has 102 valence electrons. The van der Waals surface area contributed by atoms with Gasteiger partial charge in [0.1, 0.15) is 18.2 Å². The molecule has 0 radical (unpaired) electrons. The molecule has 0 aliphatic heterocycles. The molecule has 2 aromatic carbocycles. The van der Waals surface area contributed by atoms with Gasteiger partial charge in [-0.1, -0.05) is 12.1 Å². The number of aliphatic hydroxyl groups excluding tert-OH is 1. The Kier molecular flexibility index (Phi) is 4.34. The highest BCUT2D eigenvalue weighted by molar-refractivity contribution is 5.34. The van der Waals surface area contributed by atoms with Crippen LogP contribution in [0.15, 0.2) is 42.5 Å². The van der Waals surface area contributed by atoms with E-state index >= 15 is 0 Å². The van der Waals surface area contributed by atoms with Crippen LogP contribution in [0.4, 0.5) is 4.39 Å². The van der Waals surface area contributed by atoms with E-state index in [-0.39, 0.29) is 12.2 Å². The fourth-order valence-electron chi connectivity index (χ4n) is 1.83. The second kappa shape index (κ2) is 6.18. The van der Waals surface area contributed by atoms with Crippen LogP contribution in [-0.4, -0.2) is 5.11 Å². The van der Waals surface area contributed by atoms with Gasteiger partial charge >= 0.3 is 0 Å². The Morgan fingerprint density at radius 1 is 1.30 bits per heavy atom. The van der Waals surface area contributed by atoms with E-state index < -0.39 is 11.9 Å². The van der Waals surface area contributed by atoms with Crippen LogP contribution in [0, 0.1) is 17.1 Å². The van der Waals surface area contributed by atoms with E-state index in [9.17, 15) is 9.50 Å². The fourth-order valence-corrected chi connectivity index (χ4v) is 1.83. The summed E-state index contributed by atoms with van der Waals surface area (Å²) in [5.74, 6) is 0.131. The normalized spacial score (nSPS) is 11.7. The molecule has 0 aliphatic rings. The molecule has 1 atom stereocenters. The minimum absolute atomic E-state index is 0.162. The van der Waals surface area contributed by atoms with Crippen LogP contribution in [0.1, 0.15) is 29.7 Å². The molecule has 3 nitrogen and oxygen atoms in total. The molecule has 0 aliphatic carbocycles. The summed E-state index contributed by atoms with van der Waals surface area (Å²) in [5.41, 5.74) is 1.60. The second-order valence-corrected chi connectivity index (χ2v) is 4.50. The van der Waals surface area contributed by atoms with Gasteiger partial charge in [-0.05, 0) is 48.4 Å². The average Bonchev–Trinajstić information content (AvgIpc) is 2.44. The van der Waals surface area contributed by atoms with Gasteiger partial charge in [0.25, 0.3) is 0 Å². The van der Waals surface area contributed by atoms with Crippen molar-refractivity contribution < 1.29 is 14.2 Å². The predicted molar refractivity (Wildman–Crippen MR) is 72.5 cm³/mol. The third-order valence-electron chi connectivity index (χ3n) is 2.83. The summed E-state index contributed by atoms with van der Waals surface area (Å²) < 4.78 is 18.8. The summed E-state index contributed by atoms with van der Waals surface area (Å²) in [4.78, 5) is 0. The summed E-state index contributed by atoms with van der Waals surface area (Å²) in [5, 5.41) is 18.3. The molecule has 0 unspecified atom stereocenters. The molecule has 2 aromatic rings. The van der Waals surface area contributed by atoms with Crippen LogP contribution < -0.4 is 4.74 Å². The number of halogens is 1. The number of hydrogen-bond donors (Lipinski definition) is 1. The lowest BCUT2D eigenvalue weighted by molar-refractivity contribution is 0.198. The molecular formula is C16H14FNO2. The Morgan fingerprint density at radius 3 is 2.80 bits per heavy atom. The first-order chi connectivity index (χ1) is 9.58. The zero-order valence-electron chi connectivity index (χ0n) is 11.0. The molecule has 2 rings (SSSR count). The van der Waals surface area contributed by atoms with Crippen molar-refractivity contribution in [3.63, 3.8) is 0 Å². The van der Waals surface area contributed by atoms with Crippen LogP contribution in [0.5, 0.6) is 5.75 Å². The maximum absolute atomic E-state index is 13.3. The maximum atomic E-state index is 13.3. The Balaban J connectivity index is 2.11. The second-order valence-electron chi connectivity index (χ2n) is 4.50. The number of benzene rings is 2. The van der Waals surface area contributed by atoms with Gasteiger partial charge in [0.05, 0.1) is 17.7 Å². The van der Waals surface area contributed by atoms with E-state index in [0.29, 0.717) is 11.3 Å². The highest BCUT2D eigenvalue weighted by atomic mass is 19.1. The molecule has 0 spiro atoms. The first-order valence-electron chi connectivity index (χ1n) is 6.19. The smallest absolute Gasteiger partial charge is 0.124 e. The summed E-state index contributed by atoms with van der Waals surface area (Å²) in [6.45, 7) is 1.83. The van der Waals surface area contributed by atoms with Crippen LogP contribution in [0.3, 0.4) is 0 Å². The highest BCUT2D eigenvalue weighted by Gasteiger charge is 2.04. The van der Waals surface area contributed by atoms with Gasteiger partial charge in [-0.15, -0.1) is 0 Å². The standard InChI is InChI=1S/C16H14FNO2/c1-11(19)14-3-2-4-16(8-14)20-10-13-5-12(9-18)6-15(17)7-13/h2-8,11,19H,10H2,1H3/t11-/m1/s1. The summed E-state index contributed by atoms with van der Waals surface area (Å²) in [6.07, 6.45) is -0.571. The van der Waals surface area contributed by atoms with Crippen LogP contribution >= 0.6 is 0 Å². The van der Waals surface area contributed by atoms with E-state index in [2.05, 4.69) is 0 Å². The number of rotatable bonds is 4. The minimum atomic E-state index is -0.571. The van der Waals surface area contributed by atoms with Crippen molar-refractivity contribution in [3.8, 4) is 11.8 Å². The zero-order valence-corrected chi connectivity index (χ0v) is 11.0. The van der Waals surface area contributed by atoms with Gasteiger partial charge in [0.2, 0.25) is 0 Å². The Labute approximate surface area is 116 Å². The molecule has 0 saturated carbocycles. The number of nitrogens with zero attached hydrogens (tertiary/aromatic N) is 1. The lowest BCUT2D eigenvalue weighted by Crippen LogP contribution is -1.98. The van der Waals surface area contributed by atoms with Crippen LogP contribution in [-0.2, 0) is 6.61 Å². The zero-order chi connectivity index (χ0) is 14.5. The Hall–Kier alpha value is -2.38. The molecule has 1 N–H and O–H groups in total. The number of aliphatic hydroxyl groups is 1. The third-order valence-corrected chi connectivity index (χ3v) is 2.83. The van der Waals surface area contributed by atoms with E-state index in [4.69, 9.17) is 10.00 Å². The van der Waals surface area contributed by atoms with Crippen molar-refractivity contribution >= 4 is 0 Å². The van der Waals surface area contributed by atoms with Crippen molar-refractivity contribution in [1.29, 1.82) is 5.26 Å². The van der Waals surface area contributed by atoms with Gasteiger partial charge < -0.3 is 9.84 Å². The number of hydrogen-bond acceptors (Lipinski definition) is 3. The van der Waals surface area contributed by atoms with Gasteiger partial charge in [-0.25, -0.2) is 4.39 Å². The largest absolute Gasteiger partial charge is 0.489 e. The van der Waals surface area contributed by atoms with Crippen molar-refractivity contribution in [2.75, 3.05) is 0 Å². The lowest BCUT2D eigenvalue weighted by atomic mass is 10.1. The summed E-state index contributed by atoms with van der Waals surface area (Å²) in [6, 6.07) is 13.1. The molecule has 0 bridgehead atoms. The Morgan fingerprint density at radius 2 is 2.10 bits per heavy atom. The maximum Gasteiger partial charge on any atom is 0.124 e. The molecule has 0 saturated heterocycles. The summed E-state index contributed by atoms with van der Waals surface area (Å²) in [7, 11) is 0. The Bertz CT molecular complexity index is 647. The fraction of sp³-hybridized carbons (Fsp3) is 0.188. The molecule has 0 aromatic heterocycles. The number of ether oxygens (including phenoxy) is 1. The van der Waals surface area contributed by atoms with Gasteiger partial charge in [-0.3, -0.25) is 0 Å². The molecule has 0 fully saturated rings. The van der Waals surface area contributed by atoms with Gasteiger partial charge in [-0.2, -0.15) is 5.26 Å².